The first-order valence-corrected chi connectivity index (χ1v) is 39.9. The Morgan fingerprint density at radius 3 is 1.24 bits per heavy atom. The highest BCUT2D eigenvalue weighted by Crippen LogP contribution is 2.34. The number of benzene rings is 6. The standard InChI is InChI=1S/C35H41Cl2N5O5.C30H33Cl2N5O3.C19H15Cl2N3O2/c1-35(2,3)47-34(45)42-17-16-23(19-30(42)33(44)46-24-10-4-5-11-24)40-32(43)22-9-6-8-21(18-22)29-20-39-31(38)28(41-29)15-14-25-26(36)12-7-13-27(25)37;31-23-9-4-10-24(32)22(23)11-12-25-28(33)35-17-27(37-25)18-5-3-6-19(15-18)29(38)36-20-13-14-34-26(16-20)30(39)40-21-7-1-2-8-21;20-14-5-2-6-15(21)13(14)7-8-16-18(22)23-10-17(24-16)11-3-1-4-12(9-11)19(25)26/h6-9,12-13,18,20,23-24,30H,4-5,10-11,14-17,19H2,1-3H3,(H2,38,39)(H,40,43);3-6,9-10,15,17,20-21,26,34H,1-2,7-8,11-14,16H2,(H2,33,35)(H,36,38);1-6,9-10H,7-8H2,(H2,22,23)(H,25,26)/t23?,30-;20?,26-;/m11./s1. The molecule has 9 aromatic rings. The topological polar surface area (TPSA) is 345 Å². The fourth-order valence-electron chi connectivity index (χ4n) is 13.9. The molecule has 4 fully saturated rings. The molecule has 4 atom stereocenters. The predicted octanol–water partition coefficient (Wildman–Crippen LogP) is 16.5. The summed E-state index contributed by atoms with van der Waals surface area (Å²) in [5.41, 5.74) is 26.8. The number of carbonyl (C=O) groups excluding carboxylic acids is 5. The van der Waals surface area contributed by atoms with Crippen molar-refractivity contribution in [1.29, 1.82) is 0 Å². The van der Waals surface area contributed by atoms with Crippen LogP contribution in [0.4, 0.5) is 22.2 Å². The number of likely N-dealkylation sites (tertiary alicyclic amines) is 1. The third-order valence-electron chi connectivity index (χ3n) is 19.9. The molecule has 2 unspecified atom stereocenters. The fraction of sp³-hybridized carbons (Fsp3) is 0.357. The number of aryl methyl sites for hydroxylation is 3. The number of aromatic carboxylic acids is 1. The molecule has 6 aromatic carbocycles. The number of anilines is 3. The van der Waals surface area contributed by atoms with Gasteiger partial charge < -0.3 is 52.5 Å². The summed E-state index contributed by atoms with van der Waals surface area (Å²) in [6.45, 7) is 6.23. The number of nitrogens with two attached hydrogens (primary N) is 3. The Morgan fingerprint density at radius 1 is 0.487 bits per heavy atom. The molecule has 2 saturated heterocycles. The maximum Gasteiger partial charge on any atom is 0.411 e. The highest BCUT2D eigenvalue weighted by Gasteiger charge is 2.41. The Morgan fingerprint density at radius 2 is 0.850 bits per heavy atom. The minimum absolute atomic E-state index is 0.0258. The molecule has 0 radical (unpaired) electrons. The van der Waals surface area contributed by atoms with Gasteiger partial charge in [-0.25, -0.2) is 44.3 Å². The molecule has 5 heterocycles. The normalized spacial score (nSPS) is 17.0. The Hall–Kier alpha value is -9.72. The molecule has 113 heavy (non-hydrogen) atoms. The van der Waals surface area contributed by atoms with E-state index < -0.39 is 35.7 Å². The van der Waals surface area contributed by atoms with E-state index in [0.29, 0.717) is 162 Å². The van der Waals surface area contributed by atoms with Gasteiger partial charge in [0.1, 0.15) is 47.3 Å². The van der Waals surface area contributed by atoms with Gasteiger partial charge in [0, 0.05) is 76.6 Å². The van der Waals surface area contributed by atoms with Crippen LogP contribution in [0.15, 0.2) is 146 Å². The molecule has 29 heteroatoms. The molecule has 0 bridgehead atoms. The number of aromatic nitrogens is 6. The first-order chi connectivity index (χ1) is 54.2. The van der Waals surface area contributed by atoms with E-state index in [4.69, 9.17) is 116 Å². The number of amides is 3. The van der Waals surface area contributed by atoms with E-state index in [2.05, 4.69) is 35.9 Å². The molecule has 23 nitrogen and oxygen atoms in total. The van der Waals surface area contributed by atoms with Gasteiger partial charge in [-0.05, 0) is 232 Å². The zero-order valence-corrected chi connectivity index (χ0v) is 67.2. The maximum absolute atomic E-state index is 13.5. The summed E-state index contributed by atoms with van der Waals surface area (Å²) in [7, 11) is 0. The van der Waals surface area contributed by atoms with E-state index in [9.17, 15) is 28.8 Å². The summed E-state index contributed by atoms with van der Waals surface area (Å²) in [6.07, 6.45) is 16.8. The lowest BCUT2D eigenvalue weighted by Gasteiger charge is -2.39. The number of ether oxygens (including phenoxy) is 3. The molecular formula is C84H89Cl6N13O10. The Bertz CT molecular complexity index is 4870. The number of nitrogens with one attached hydrogen (secondary N) is 3. The van der Waals surface area contributed by atoms with E-state index in [1.807, 2.05) is 18.2 Å². The summed E-state index contributed by atoms with van der Waals surface area (Å²) in [5, 5.41) is 22.1. The summed E-state index contributed by atoms with van der Waals surface area (Å²) in [5.74, 6) is -1.20. The highest BCUT2D eigenvalue weighted by atomic mass is 35.5. The highest BCUT2D eigenvalue weighted by molar-refractivity contribution is 6.37. The average Bonchev–Trinajstić information content (AvgIpc) is 1.39. The zero-order valence-electron chi connectivity index (χ0n) is 62.7. The van der Waals surface area contributed by atoms with Crippen LogP contribution in [0.5, 0.6) is 0 Å². The van der Waals surface area contributed by atoms with Gasteiger partial charge in [0.15, 0.2) is 0 Å². The van der Waals surface area contributed by atoms with Gasteiger partial charge in [0.25, 0.3) is 11.8 Å². The quantitative estimate of drug-likeness (QED) is 0.0259. The summed E-state index contributed by atoms with van der Waals surface area (Å²) in [4.78, 5) is 105. The van der Waals surface area contributed by atoms with Crippen LogP contribution < -0.4 is 33.2 Å². The van der Waals surface area contributed by atoms with Gasteiger partial charge in [-0.2, -0.15) is 0 Å². The van der Waals surface area contributed by atoms with Crippen LogP contribution in [-0.4, -0.2) is 131 Å². The zero-order chi connectivity index (χ0) is 80.5. The fourth-order valence-corrected chi connectivity index (χ4v) is 15.7. The smallest absolute Gasteiger partial charge is 0.411 e. The number of piperidine rings is 2. The van der Waals surface area contributed by atoms with E-state index in [1.54, 1.807) is 136 Å². The molecular weight excluding hydrogens is 1560 g/mol. The lowest BCUT2D eigenvalue weighted by atomic mass is 9.96. The molecule has 2 aliphatic carbocycles. The number of carbonyl (C=O) groups is 6. The summed E-state index contributed by atoms with van der Waals surface area (Å²) >= 11 is 37.7. The van der Waals surface area contributed by atoms with Crippen LogP contribution in [-0.2, 0) is 62.3 Å². The second-order valence-corrected chi connectivity index (χ2v) is 31.6. The van der Waals surface area contributed by atoms with E-state index in [0.717, 1.165) is 80.0 Å². The molecule has 2 aliphatic heterocycles. The van der Waals surface area contributed by atoms with Crippen LogP contribution in [0.1, 0.15) is 163 Å². The van der Waals surface area contributed by atoms with Crippen LogP contribution in [0.3, 0.4) is 0 Å². The van der Waals surface area contributed by atoms with Gasteiger partial charge in [0.05, 0.1) is 58.3 Å². The van der Waals surface area contributed by atoms with Crippen molar-refractivity contribution < 1.29 is 48.1 Å². The van der Waals surface area contributed by atoms with Crippen LogP contribution in [0, 0.1) is 0 Å². The van der Waals surface area contributed by atoms with Gasteiger partial charge in [0.2, 0.25) is 0 Å². The van der Waals surface area contributed by atoms with E-state index >= 15 is 0 Å². The van der Waals surface area contributed by atoms with Crippen molar-refractivity contribution in [2.45, 2.75) is 178 Å². The largest absolute Gasteiger partial charge is 0.478 e. The Balaban J connectivity index is 0.000000174. The monoisotopic (exact) mass is 1650 g/mol. The van der Waals surface area contributed by atoms with Gasteiger partial charge >= 0.3 is 24.0 Å². The maximum atomic E-state index is 13.5. The number of hydrogen-bond acceptors (Lipinski definition) is 19. The van der Waals surface area contributed by atoms with Crippen molar-refractivity contribution in [3.8, 4) is 33.8 Å². The van der Waals surface area contributed by atoms with Crippen molar-refractivity contribution >= 4 is 123 Å². The van der Waals surface area contributed by atoms with Crippen molar-refractivity contribution in [2.75, 3.05) is 30.3 Å². The Labute approximate surface area is 686 Å². The van der Waals surface area contributed by atoms with Gasteiger partial charge in [-0.15, -0.1) is 0 Å². The third-order valence-corrected chi connectivity index (χ3v) is 22.1. The summed E-state index contributed by atoms with van der Waals surface area (Å²) < 4.78 is 17.1. The Kier molecular flexibility index (Phi) is 29.3. The molecule has 4 aliphatic rings. The number of halogens is 6. The average molecular weight is 1650 g/mol. The molecule has 3 amide bonds. The van der Waals surface area contributed by atoms with E-state index in [-0.39, 0.29) is 60.6 Å². The van der Waals surface area contributed by atoms with Crippen LogP contribution in [0.2, 0.25) is 30.1 Å². The number of nitrogen functional groups attached to an aromatic ring is 3. The SMILES string of the molecule is CC(C)(C)OC(=O)N1CCC(NC(=O)c2cccc(-c3cnc(N)c(CCc4c(Cl)cccc4Cl)n3)c2)C[C@@H]1C(=O)OC1CCCC1.Nc1ncc(-c2cccc(C(=O)NC3CCN[C@@H](C(=O)OC4CCCC4)C3)c2)nc1CCc1c(Cl)cccc1Cl.Nc1ncc(-c2cccc(C(=O)O)c2)nc1CCc1c(Cl)cccc1Cl. The number of esters is 2. The van der Waals surface area contributed by atoms with Gasteiger partial charge in [-0.3, -0.25) is 19.3 Å². The molecule has 3 aromatic heterocycles. The third kappa shape index (κ3) is 23.3. The second-order valence-electron chi connectivity index (χ2n) is 29.2. The van der Waals surface area contributed by atoms with Crippen LogP contribution >= 0.6 is 69.6 Å². The molecule has 2 saturated carbocycles. The van der Waals surface area contributed by atoms with E-state index in [1.165, 1.54) is 17.2 Å². The predicted molar refractivity (Wildman–Crippen MR) is 440 cm³/mol. The lowest BCUT2D eigenvalue weighted by Crippen LogP contribution is -2.56. The van der Waals surface area contributed by atoms with Crippen molar-refractivity contribution in [3.05, 3.63) is 227 Å². The second kappa shape index (κ2) is 39.4. The first-order valence-electron chi connectivity index (χ1n) is 37.6. The number of carboxylic acids is 1. The minimum atomic E-state index is -0.996. The van der Waals surface area contributed by atoms with Crippen LogP contribution in [0.25, 0.3) is 33.8 Å². The van der Waals surface area contributed by atoms with Crippen molar-refractivity contribution in [1.82, 2.24) is 50.8 Å². The molecule has 10 N–H and O–H groups in total. The summed E-state index contributed by atoms with van der Waals surface area (Å²) in [6, 6.07) is 35.2. The number of rotatable bonds is 21. The molecule has 592 valence electrons. The molecule has 0 spiro atoms. The molecule has 13 rings (SSSR count). The first kappa shape index (κ1) is 84.2. The minimum Gasteiger partial charge on any atom is -0.478 e. The van der Waals surface area contributed by atoms with Crippen molar-refractivity contribution in [3.63, 3.8) is 0 Å². The lowest BCUT2D eigenvalue weighted by molar-refractivity contribution is -0.156. The number of hydrogen-bond donors (Lipinski definition) is 7. The van der Waals surface area contributed by atoms with Crippen molar-refractivity contribution in [2.24, 2.45) is 0 Å². The number of carboxylic acid groups (broad SMARTS) is 1. The number of nitrogens with zero attached hydrogens (tertiary/aromatic N) is 7. The van der Waals surface area contributed by atoms with Gasteiger partial charge in [-0.1, -0.05) is 124 Å².